The molecule has 1 aliphatic carbocycles. The van der Waals surface area contributed by atoms with Crippen LogP contribution < -0.4 is 30.1 Å². The number of hydrogen-bond acceptors (Lipinski definition) is 1. The summed E-state index contributed by atoms with van der Waals surface area (Å²) in [6.07, 6.45) is 10.6. The smallest absolute Gasteiger partial charge is 1.00 e. The zero-order valence-electron chi connectivity index (χ0n) is 9.23. The first-order valence-electron chi connectivity index (χ1n) is 5.23. The van der Waals surface area contributed by atoms with Gasteiger partial charge in [-0.3, -0.25) is 0 Å². The SMILES string of the molecule is CCCCNC[CH2][Ti+2][C]1=CC=CC1.[Cl-].[Cl-]. The van der Waals surface area contributed by atoms with Gasteiger partial charge in [0, 0.05) is 0 Å². The maximum Gasteiger partial charge on any atom is -1.00 e. The van der Waals surface area contributed by atoms with E-state index in [9.17, 15) is 0 Å². The average Bonchev–Trinajstić information content (AvgIpc) is 2.63. The van der Waals surface area contributed by atoms with Gasteiger partial charge in [-0.25, -0.2) is 0 Å². The van der Waals surface area contributed by atoms with Crippen LogP contribution in [0.4, 0.5) is 0 Å². The van der Waals surface area contributed by atoms with Crippen LogP contribution in [0.3, 0.4) is 0 Å². The molecule has 0 heterocycles. The van der Waals surface area contributed by atoms with Crippen molar-refractivity contribution in [1.29, 1.82) is 0 Å². The van der Waals surface area contributed by atoms with E-state index in [0.717, 1.165) is 0 Å². The number of rotatable bonds is 7. The molecule has 0 radical (unpaired) electrons. The van der Waals surface area contributed by atoms with Gasteiger partial charge in [-0.2, -0.15) is 0 Å². The second-order valence-corrected chi connectivity index (χ2v) is 5.69. The standard InChI is InChI=1S/C6H14N.C5H5.2ClH.Ti/c1-3-5-6-7-4-2;1-2-4-5-3-1;;;/h7H,2-6H2,1H3;1-3H,4H2;2*1H;/q;;;;+2/p-2. The molecule has 1 N–H and O–H groups in total. The van der Waals surface area contributed by atoms with Crippen molar-refractivity contribution in [3.8, 4) is 0 Å². The average molecular weight is 284 g/mol. The molecule has 0 spiro atoms. The third-order valence-electron chi connectivity index (χ3n) is 2.13. The molecule has 0 unspecified atom stereocenters. The number of allylic oxidation sites excluding steroid dienone is 4. The molecule has 0 bridgehead atoms. The first-order chi connectivity index (χ1) is 6.43. The van der Waals surface area contributed by atoms with Gasteiger partial charge in [-0.1, -0.05) is 0 Å². The minimum Gasteiger partial charge on any atom is -1.00 e. The summed E-state index contributed by atoms with van der Waals surface area (Å²) in [6, 6.07) is 0. The van der Waals surface area contributed by atoms with Crippen molar-refractivity contribution < 1.29 is 44.0 Å². The second kappa shape index (κ2) is 12.8. The molecule has 15 heavy (non-hydrogen) atoms. The summed E-state index contributed by atoms with van der Waals surface area (Å²) < 4.78 is 3.13. The molecule has 0 fully saturated rings. The topological polar surface area (TPSA) is 12.0 Å². The van der Waals surface area contributed by atoms with E-state index in [0.29, 0.717) is 0 Å². The van der Waals surface area contributed by atoms with Crippen LogP contribution in [0.25, 0.3) is 0 Å². The monoisotopic (exact) mass is 283 g/mol. The predicted octanol–water partition coefficient (Wildman–Crippen LogP) is -3.27. The zero-order valence-corrected chi connectivity index (χ0v) is 12.3. The van der Waals surface area contributed by atoms with E-state index < -0.39 is 0 Å². The quantitative estimate of drug-likeness (QED) is 0.382. The van der Waals surface area contributed by atoms with Crippen LogP contribution in [0.5, 0.6) is 0 Å². The molecule has 0 atom stereocenters. The van der Waals surface area contributed by atoms with Gasteiger partial charge in [0.25, 0.3) is 0 Å². The van der Waals surface area contributed by atoms with E-state index in [1.165, 1.54) is 37.1 Å². The van der Waals surface area contributed by atoms with Gasteiger partial charge in [-0.15, -0.1) is 0 Å². The largest absolute Gasteiger partial charge is 1.00 e. The molecule has 1 aliphatic rings. The van der Waals surface area contributed by atoms with Gasteiger partial charge >= 0.3 is 90.6 Å². The maximum absolute atomic E-state index is 3.49. The summed E-state index contributed by atoms with van der Waals surface area (Å²) >= 11 is 0.208. The Morgan fingerprint density at radius 3 is 2.73 bits per heavy atom. The number of unbranched alkanes of at least 4 members (excludes halogenated alkanes) is 1. The normalized spacial score (nSPS) is 12.5. The third kappa shape index (κ3) is 9.65. The summed E-state index contributed by atoms with van der Waals surface area (Å²) in [5.74, 6) is 0. The van der Waals surface area contributed by atoms with Gasteiger partial charge in [0.15, 0.2) is 0 Å². The van der Waals surface area contributed by atoms with Crippen molar-refractivity contribution in [1.82, 2.24) is 5.32 Å². The van der Waals surface area contributed by atoms with Gasteiger partial charge in [0.1, 0.15) is 0 Å². The molecule has 0 aromatic heterocycles. The Bertz CT molecular complexity index is 193. The van der Waals surface area contributed by atoms with E-state index in [-0.39, 0.29) is 44.0 Å². The molecule has 0 amide bonds. The molecule has 0 saturated heterocycles. The third-order valence-corrected chi connectivity index (χ3v) is 4.20. The Balaban J connectivity index is 0. The Morgan fingerprint density at radius 2 is 2.13 bits per heavy atom. The Kier molecular flexibility index (Phi) is 15.5. The molecule has 0 saturated carbocycles. The predicted molar refractivity (Wildman–Crippen MR) is 54.4 cm³/mol. The van der Waals surface area contributed by atoms with Gasteiger partial charge in [0.2, 0.25) is 0 Å². The van der Waals surface area contributed by atoms with Crippen LogP contribution in [0.1, 0.15) is 26.2 Å². The minimum absolute atomic E-state index is 0. The first-order valence-corrected chi connectivity index (χ1v) is 7.12. The van der Waals surface area contributed by atoms with Crippen molar-refractivity contribution in [3.63, 3.8) is 0 Å². The van der Waals surface area contributed by atoms with Gasteiger partial charge in [-0.05, 0) is 0 Å². The first kappa shape index (κ1) is 18.1. The van der Waals surface area contributed by atoms with Crippen molar-refractivity contribution >= 4 is 0 Å². The van der Waals surface area contributed by atoms with E-state index in [4.69, 9.17) is 0 Å². The van der Waals surface area contributed by atoms with Crippen molar-refractivity contribution in [3.05, 3.63) is 22.1 Å². The fourth-order valence-electron chi connectivity index (χ4n) is 1.32. The zero-order chi connectivity index (χ0) is 9.36. The minimum atomic E-state index is 0. The van der Waals surface area contributed by atoms with Crippen LogP contribution in [0, 0.1) is 0 Å². The molecular formula is C11H19Cl2NTi. The number of halogens is 2. The summed E-state index contributed by atoms with van der Waals surface area (Å²) in [6.45, 7) is 4.68. The van der Waals surface area contributed by atoms with Crippen LogP contribution in [0.2, 0.25) is 4.73 Å². The Labute approximate surface area is 115 Å². The summed E-state index contributed by atoms with van der Waals surface area (Å²) in [7, 11) is 0. The van der Waals surface area contributed by atoms with Crippen molar-refractivity contribution in [2.75, 3.05) is 13.1 Å². The number of hydrogen-bond donors (Lipinski definition) is 1. The molecular weight excluding hydrogens is 265 g/mol. The van der Waals surface area contributed by atoms with Crippen LogP contribution in [0.15, 0.2) is 22.1 Å². The fourth-order valence-corrected chi connectivity index (χ4v) is 3.03. The molecule has 1 rings (SSSR count). The van der Waals surface area contributed by atoms with E-state index in [2.05, 4.69) is 30.5 Å². The Hall–Kier alpha value is 0.734. The van der Waals surface area contributed by atoms with Crippen molar-refractivity contribution in [2.45, 2.75) is 30.9 Å². The van der Waals surface area contributed by atoms with E-state index >= 15 is 0 Å². The Morgan fingerprint density at radius 1 is 1.33 bits per heavy atom. The summed E-state index contributed by atoms with van der Waals surface area (Å²) in [4.78, 5) is 0. The van der Waals surface area contributed by atoms with Gasteiger partial charge < -0.3 is 24.8 Å². The maximum atomic E-state index is 3.49. The van der Waals surface area contributed by atoms with Crippen LogP contribution in [-0.2, 0) is 19.2 Å². The van der Waals surface area contributed by atoms with E-state index in [1.807, 2.05) is 0 Å². The van der Waals surface area contributed by atoms with E-state index in [1.54, 1.807) is 3.88 Å². The van der Waals surface area contributed by atoms with Crippen LogP contribution >= 0.6 is 0 Å². The summed E-state index contributed by atoms with van der Waals surface area (Å²) in [5.41, 5.74) is 0. The van der Waals surface area contributed by atoms with Gasteiger partial charge in [0.05, 0.1) is 0 Å². The molecule has 86 valence electrons. The molecule has 0 aromatic rings. The molecule has 0 aromatic carbocycles. The fraction of sp³-hybridized carbons (Fsp3) is 0.636. The van der Waals surface area contributed by atoms with Crippen molar-refractivity contribution in [2.24, 2.45) is 0 Å². The molecule has 0 aliphatic heterocycles. The molecule has 1 nitrogen and oxygen atoms in total. The molecule has 4 heteroatoms. The van der Waals surface area contributed by atoms with Crippen LogP contribution in [-0.4, -0.2) is 13.1 Å². The summed E-state index contributed by atoms with van der Waals surface area (Å²) in [5, 5.41) is 3.49. The number of nitrogens with one attached hydrogen (secondary N) is 1. The second-order valence-electron chi connectivity index (χ2n) is 3.35.